The summed E-state index contributed by atoms with van der Waals surface area (Å²) in [7, 11) is 0. The molecule has 1 aromatic carbocycles. The minimum Gasteiger partial charge on any atom is -0.449 e. The summed E-state index contributed by atoms with van der Waals surface area (Å²) in [5, 5.41) is 5.12. The van der Waals surface area contributed by atoms with Crippen molar-refractivity contribution in [3.63, 3.8) is 0 Å². The number of rotatable bonds is 5. The monoisotopic (exact) mass is 305 g/mol. The van der Waals surface area contributed by atoms with Gasteiger partial charge in [0.15, 0.2) is 5.13 Å². The number of aromatic nitrogens is 1. The number of carbonyl (C=O) groups is 2. The van der Waals surface area contributed by atoms with Gasteiger partial charge < -0.3 is 15.8 Å². The Balaban J connectivity index is 1.99. The van der Waals surface area contributed by atoms with E-state index in [2.05, 4.69) is 15.0 Å². The second-order valence-electron chi connectivity index (χ2n) is 4.33. The predicted molar refractivity (Wildman–Crippen MR) is 81.1 cm³/mol. The Hall–Kier alpha value is -2.41. The number of nitrogens with zero attached hydrogens (tertiary/aromatic N) is 1. The quantitative estimate of drug-likeness (QED) is 0.887. The number of anilines is 1. The average molecular weight is 305 g/mol. The van der Waals surface area contributed by atoms with Crippen LogP contribution in [-0.2, 0) is 16.0 Å². The van der Waals surface area contributed by atoms with Crippen molar-refractivity contribution in [2.24, 2.45) is 5.73 Å². The SMILES string of the molecule is CC(=O)Nc1nc(-c2ccc(CCOC(N)=O)cc2)cs1. The summed E-state index contributed by atoms with van der Waals surface area (Å²) in [6, 6.07) is 7.76. The summed E-state index contributed by atoms with van der Waals surface area (Å²) in [6.07, 6.45) is -0.156. The first-order chi connectivity index (χ1) is 10.0. The van der Waals surface area contributed by atoms with Crippen LogP contribution in [-0.4, -0.2) is 23.6 Å². The van der Waals surface area contributed by atoms with Crippen LogP contribution in [0.15, 0.2) is 29.6 Å². The van der Waals surface area contributed by atoms with Crippen LogP contribution >= 0.6 is 11.3 Å². The minimum atomic E-state index is -0.764. The summed E-state index contributed by atoms with van der Waals surface area (Å²) in [5.41, 5.74) is 7.70. The van der Waals surface area contributed by atoms with Gasteiger partial charge in [-0.25, -0.2) is 9.78 Å². The fourth-order valence-electron chi connectivity index (χ4n) is 1.73. The molecule has 6 nitrogen and oxygen atoms in total. The predicted octanol–water partition coefficient (Wildman–Crippen LogP) is 2.41. The van der Waals surface area contributed by atoms with E-state index in [4.69, 9.17) is 5.73 Å². The largest absolute Gasteiger partial charge is 0.449 e. The van der Waals surface area contributed by atoms with Crippen molar-refractivity contribution in [1.82, 2.24) is 4.98 Å². The first-order valence-corrected chi connectivity index (χ1v) is 7.17. The summed E-state index contributed by atoms with van der Waals surface area (Å²) in [5.74, 6) is -0.138. The molecular weight excluding hydrogens is 290 g/mol. The van der Waals surface area contributed by atoms with Crippen LogP contribution in [0, 0.1) is 0 Å². The Labute approximate surface area is 125 Å². The van der Waals surface area contributed by atoms with Gasteiger partial charge in [0.25, 0.3) is 0 Å². The van der Waals surface area contributed by atoms with Crippen LogP contribution in [0.3, 0.4) is 0 Å². The fourth-order valence-corrected chi connectivity index (χ4v) is 2.49. The maximum absolute atomic E-state index is 11.0. The van der Waals surface area contributed by atoms with E-state index >= 15 is 0 Å². The smallest absolute Gasteiger partial charge is 0.404 e. The topological polar surface area (TPSA) is 94.3 Å². The van der Waals surface area contributed by atoms with Gasteiger partial charge in [-0.15, -0.1) is 11.3 Å². The highest BCUT2D eigenvalue weighted by Gasteiger charge is 2.06. The van der Waals surface area contributed by atoms with E-state index in [0.29, 0.717) is 11.6 Å². The molecule has 0 spiro atoms. The number of thiazole rings is 1. The molecule has 0 saturated carbocycles. The normalized spacial score (nSPS) is 10.1. The zero-order valence-electron chi connectivity index (χ0n) is 11.5. The average Bonchev–Trinajstić information content (AvgIpc) is 2.87. The molecule has 0 unspecified atom stereocenters. The lowest BCUT2D eigenvalue weighted by atomic mass is 10.1. The van der Waals surface area contributed by atoms with Gasteiger partial charge in [-0.1, -0.05) is 24.3 Å². The van der Waals surface area contributed by atoms with Gasteiger partial charge in [0.05, 0.1) is 12.3 Å². The number of ether oxygens (including phenoxy) is 1. The van der Waals surface area contributed by atoms with Gasteiger partial charge in [0.1, 0.15) is 0 Å². The van der Waals surface area contributed by atoms with Crippen molar-refractivity contribution < 1.29 is 14.3 Å². The summed E-state index contributed by atoms with van der Waals surface area (Å²) in [6.45, 7) is 1.71. The summed E-state index contributed by atoms with van der Waals surface area (Å²) in [4.78, 5) is 25.8. The molecular formula is C14H15N3O3S. The van der Waals surface area contributed by atoms with Crippen LogP contribution < -0.4 is 11.1 Å². The summed E-state index contributed by atoms with van der Waals surface area (Å²) < 4.78 is 4.69. The first-order valence-electron chi connectivity index (χ1n) is 6.29. The molecule has 21 heavy (non-hydrogen) atoms. The molecule has 2 rings (SSSR count). The Morgan fingerprint density at radius 2 is 2.05 bits per heavy atom. The molecule has 110 valence electrons. The van der Waals surface area contributed by atoms with Gasteiger partial charge in [-0.05, 0) is 5.56 Å². The Morgan fingerprint density at radius 3 is 2.67 bits per heavy atom. The third-order valence-electron chi connectivity index (χ3n) is 2.67. The lowest BCUT2D eigenvalue weighted by Crippen LogP contribution is -2.14. The van der Waals surface area contributed by atoms with Crippen molar-refractivity contribution >= 4 is 28.5 Å². The Kier molecular flexibility index (Phi) is 4.89. The van der Waals surface area contributed by atoms with E-state index in [1.807, 2.05) is 29.6 Å². The van der Waals surface area contributed by atoms with Crippen molar-refractivity contribution in [1.29, 1.82) is 0 Å². The molecule has 3 N–H and O–H groups in total. The Bertz CT molecular complexity index is 637. The molecule has 2 amide bonds. The van der Waals surface area contributed by atoms with Crippen LogP contribution in [0.5, 0.6) is 0 Å². The molecule has 0 aliphatic heterocycles. The van der Waals surface area contributed by atoms with Gasteiger partial charge in [-0.2, -0.15) is 0 Å². The highest BCUT2D eigenvalue weighted by molar-refractivity contribution is 7.14. The molecule has 1 heterocycles. The number of benzene rings is 1. The van der Waals surface area contributed by atoms with Crippen LogP contribution in [0.2, 0.25) is 0 Å². The minimum absolute atomic E-state index is 0.138. The van der Waals surface area contributed by atoms with Crippen LogP contribution in [0.25, 0.3) is 11.3 Å². The molecule has 0 bridgehead atoms. The summed E-state index contributed by atoms with van der Waals surface area (Å²) >= 11 is 1.38. The molecule has 0 aliphatic rings. The zero-order chi connectivity index (χ0) is 15.2. The second kappa shape index (κ2) is 6.85. The molecule has 7 heteroatoms. The molecule has 0 saturated heterocycles. The number of amides is 2. The number of nitrogens with one attached hydrogen (secondary N) is 1. The van der Waals surface area contributed by atoms with Crippen molar-refractivity contribution in [2.75, 3.05) is 11.9 Å². The van der Waals surface area contributed by atoms with Crippen molar-refractivity contribution in [3.8, 4) is 11.3 Å². The number of hydrogen-bond acceptors (Lipinski definition) is 5. The third kappa shape index (κ3) is 4.57. The molecule has 0 aliphatic carbocycles. The van der Waals surface area contributed by atoms with E-state index in [0.717, 1.165) is 16.8 Å². The maximum atomic E-state index is 11.0. The maximum Gasteiger partial charge on any atom is 0.404 e. The highest BCUT2D eigenvalue weighted by atomic mass is 32.1. The third-order valence-corrected chi connectivity index (χ3v) is 3.43. The standard InChI is InChI=1S/C14H15N3O3S/c1-9(18)16-14-17-12(8-21-14)11-4-2-10(3-5-11)6-7-20-13(15)19/h2-5,8H,6-7H2,1H3,(H2,15,19)(H,16,17,18). The van der Waals surface area contributed by atoms with E-state index in [-0.39, 0.29) is 12.5 Å². The zero-order valence-corrected chi connectivity index (χ0v) is 12.3. The molecule has 0 fully saturated rings. The van der Waals surface area contributed by atoms with Crippen LogP contribution in [0.4, 0.5) is 9.93 Å². The van der Waals surface area contributed by atoms with Gasteiger partial charge in [0.2, 0.25) is 5.91 Å². The van der Waals surface area contributed by atoms with Crippen LogP contribution in [0.1, 0.15) is 12.5 Å². The van der Waals surface area contributed by atoms with Crippen molar-refractivity contribution in [2.45, 2.75) is 13.3 Å². The second-order valence-corrected chi connectivity index (χ2v) is 5.19. The van der Waals surface area contributed by atoms with Crippen molar-refractivity contribution in [3.05, 3.63) is 35.2 Å². The first kappa shape index (κ1) is 15.0. The molecule has 0 radical (unpaired) electrons. The molecule has 1 aromatic heterocycles. The van der Waals surface area contributed by atoms with E-state index in [1.165, 1.54) is 18.3 Å². The van der Waals surface area contributed by atoms with E-state index in [9.17, 15) is 9.59 Å². The number of nitrogens with two attached hydrogens (primary N) is 1. The lowest BCUT2D eigenvalue weighted by molar-refractivity contribution is -0.114. The van der Waals surface area contributed by atoms with E-state index in [1.54, 1.807) is 0 Å². The number of carbonyl (C=O) groups excluding carboxylic acids is 2. The fraction of sp³-hybridized carbons (Fsp3) is 0.214. The molecule has 0 atom stereocenters. The van der Waals surface area contributed by atoms with Gasteiger partial charge in [0, 0.05) is 24.3 Å². The van der Waals surface area contributed by atoms with Gasteiger partial charge >= 0.3 is 6.09 Å². The number of primary amides is 1. The molecule has 2 aromatic rings. The number of hydrogen-bond donors (Lipinski definition) is 2. The highest BCUT2D eigenvalue weighted by Crippen LogP contribution is 2.25. The lowest BCUT2D eigenvalue weighted by Gasteiger charge is -2.03. The van der Waals surface area contributed by atoms with E-state index < -0.39 is 6.09 Å². The Morgan fingerprint density at radius 1 is 1.33 bits per heavy atom. The van der Waals surface area contributed by atoms with Gasteiger partial charge in [-0.3, -0.25) is 4.79 Å².